The Morgan fingerprint density at radius 2 is 1.79 bits per heavy atom. The normalized spacial score (nSPS) is 21.4. The summed E-state index contributed by atoms with van der Waals surface area (Å²) in [6, 6.07) is 6.58. The lowest BCUT2D eigenvalue weighted by Crippen LogP contribution is -2.48. The summed E-state index contributed by atoms with van der Waals surface area (Å²) in [5.41, 5.74) is 0.995. The van der Waals surface area contributed by atoms with Crippen LogP contribution in [0.3, 0.4) is 0 Å². The third-order valence-corrected chi connectivity index (χ3v) is 6.86. The zero-order chi connectivity index (χ0) is 20.2. The second kappa shape index (κ2) is 9.35. The van der Waals surface area contributed by atoms with E-state index in [1.165, 1.54) is 51.9 Å². The monoisotopic (exact) mass is 401 g/mol. The Kier molecular flexibility index (Phi) is 6.60. The zero-order valence-corrected chi connectivity index (χ0v) is 17.9. The van der Waals surface area contributed by atoms with E-state index in [0.717, 1.165) is 36.2 Å². The Morgan fingerprint density at radius 3 is 2.52 bits per heavy atom. The molecule has 3 aliphatic heterocycles. The van der Waals surface area contributed by atoms with Crippen LogP contribution in [0.4, 0.5) is 0 Å². The van der Waals surface area contributed by atoms with Crippen LogP contribution in [0.25, 0.3) is 0 Å². The second-order valence-electron chi connectivity index (χ2n) is 8.81. The number of benzene rings is 1. The lowest BCUT2D eigenvalue weighted by atomic mass is 9.93. The van der Waals surface area contributed by atoms with E-state index in [0.29, 0.717) is 12.3 Å². The zero-order valence-electron chi connectivity index (χ0n) is 17.9. The highest BCUT2D eigenvalue weighted by Gasteiger charge is 2.28. The molecular weight excluding hydrogens is 366 g/mol. The number of carbonyl (C=O) groups excluding carboxylic acids is 1. The van der Waals surface area contributed by atoms with Gasteiger partial charge in [0.05, 0.1) is 6.42 Å². The molecule has 0 spiro atoms. The van der Waals surface area contributed by atoms with Gasteiger partial charge in [-0.25, -0.2) is 0 Å². The molecule has 0 radical (unpaired) electrons. The number of amides is 1. The molecule has 0 aromatic heterocycles. The Morgan fingerprint density at radius 1 is 1.07 bits per heavy atom. The van der Waals surface area contributed by atoms with E-state index >= 15 is 0 Å². The maximum absolute atomic E-state index is 12.9. The highest BCUT2D eigenvalue weighted by Crippen LogP contribution is 2.32. The molecule has 0 N–H and O–H groups in total. The lowest BCUT2D eigenvalue weighted by molar-refractivity contribution is -0.131. The van der Waals surface area contributed by atoms with E-state index in [1.807, 2.05) is 23.1 Å². The quantitative estimate of drug-likeness (QED) is 0.733. The lowest BCUT2D eigenvalue weighted by Gasteiger charge is -2.41. The maximum Gasteiger partial charge on any atom is 0.231 e. The number of carbonyl (C=O) groups is 1. The van der Waals surface area contributed by atoms with Gasteiger partial charge in [0.2, 0.25) is 12.7 Å². The summed E-state index contributed by atoms with van der Waals surface area (Å²) in [4.78, 5) is 20.1. The standard InChI is InChI=1S/C23H35N3O3/c1-3-25(23(27)15-19-4-5-21-22(14-19)29-17-28-21)16-18-6-12-26(13-7-18)20-8-10-24(2)11-9-20/h4-5,14,18,20H,3,6-13,15-17H2,1-2H3. The summed E-state index contributed by atoms with van der Waals surface area (Å²) in [5.74, 6) is 2.35. The van der Waals surface area contributed by atoms with Crippen molar-refractivity contribution in [3.05, 3.63) is 23.8 Å². The number of rotatable bonds is 6. The minimum absolute atomic E-state index is 0.212. The van der Waals surface area contributed by atoms with Gasteiger partial charge in [0, 0.05) is 19.1 Å². The largest absolute Gasteiger partial charge is 0.454 e. The first-order valence-electron chi connectivity index (χ1n) is 11.2. The maximum atomic E-state index is 12.9. The van der Waals surface area contributed by atoms with Gasteiger partial charge in [-0.1, -0.05) is 6.07 Å². The summed E-state index contributed by atoms with van der Waals surface area (Å²) >= 11 is 0. The molecule has 2 fully saturated rings. The first kappa shape index (κ1) is 20.5. The first-order valence-corrected chi connectivity index (χ1v) is 11.2. The molecule has 0 aliphatic carbocycles. The molecule has 0 atom stereocenters. The Hall–Kier alpha value is -1.79. The average Bonchev–Trinajstić information content (AvgIpc) is 3.21. The van der Waals surface area contributed by atoms with Crippen molar-refractivity contribution in [1.29, 1.82) is 0 Å². The molecule has 1 aromatic rings. The van der Waals surface area contributed by atoms with Crippen molar-refractivity contribution in [1.82, 2.24) is 14.7 Å². The average molecular weight is 402 g/mol. The van der Waals surface area contributed by atoms with Crippen molar-refractivity contribution in [3.63, 3.8) is 0 Å². The first-order chi connectivity index (χ1) is 14.1. The number of hydrogen-bond acceptors (Lipinski definition) is 5. The minimum atomic E-state index is 0.212. The van der Waals surface area contributed by atoms with Gasteiger partial charge in [0.25, 0.3) is 0 Å². The van der Waals surface area contributed by atoms with Crippen LogP contribution in [0.15, 0.2) is 18.2 Å². The van der Waals surface area contributed by atoms with E-state index in [4.69, 9.17) is 9.47 Å². The van der Waals surface area contributed by atoms with Gasteiger partial charge in [-0.2, -0.15) is 0 Å². The van der Waals surface area contributed by atoms with Gasteiger partial charge < -0.3 is 24.2 Å². The molecule has 2 saturated heterocycles. The summed E-state index contributed by atoms with van der Waals surface area (Å²) in [7, 11) is 2.22. The molecule has 1 amide bonds. The van der Waals surface area contributed by atoms with Gasteiger partial charge in [-0.05, 0) is 89.4 Å². The van der Waals surface area contributed by atoms with Crippen molar-refractivity contribution in [2.75, 3.05) is 53.1 Å². The molecule has 0 bridgehead atoms. The summed E-state index contributed by atoms with van der Waals surface area (Å²) in [5, 5.41) is 0. The number of ether oxygens (including phenoxy) is 2. The van der Waals surface area contributed by atoms with Crippen molar-refractivity contribution < 1.29 is 14.3 Å². The number of fused-ring (bicyclic) bond motifs is 1. The van der Waals surface area contributed by atoms with Crippen LogP contribution in [0.1, 0.15) is 38.2 Å². The molecule has 0 unspecified atom stereocenters. The van der Waals surface area contributed by atoms with E-state index in [1.54, 1.807) is 0 Å². The van der Waals surface area contributed by atoms with Gasteiger partial charge in [-0.15, -0.1) is 0 Å². The van der Waals surface area contributed by atoms with E-state index in [9.17, 15) is 4.79 Å². The van der Waals surface area contributed by atoms with Crippen LogP contribution < -0.4 is 9.47 Å². The molecule has 3 heterocycles. The van der Waals surface area contributed by atoms with Crippen LogP contribution in [0, 0.1) is 5.92 Å². The molecule has 29 heavy (non-hydrogen) atoms. The number of likely N-dealkylation sites (tertiary alicyclic amines) is 2. The fourth-order valence-electron chi connectivity index (χ4n) is 4.92. The molecule has 3 aliphatic rings. The van der Waals surface area contributed by atoms with Crippen molar-refractivity contribution in [3.8, 4) is 11.5 Å². The summed E-state index contributed by atoms with van der Waals surface area (Å²) in [6.45, 7) is 8.85. The van der Waals surface area contributed by atoms with Crippen molar-refractivity contribution in [2.24, 2.45) is 5.92 Å². The second-order valence-corrected chi connectivity index (χ2v) is 8.81. The van der Waals surface area contributed by atoms with Crippen LogP contribution >= 0.6 is 0 Å². The smallest absolute Gasteiger partial charge is 0.231 e. The summed E-state index contributed by atoms with van der Waals surface area (Å²) < 4.78 is 10.8. The highest BCUT2D eigenvalue weighted by molar-refractivity contribution is 5.79. The predicted molar refractivity (Wildman–Crippen MR) is 113 cm³/mol. The van der Waals surface area contributed by atoms with Crippen LogP contribution in [0.5, 0.6) is 11.5 Å². The molecule has 0 saturated carbocycles. The van der Waals surface area contributed by atoms with Gasteiger partial charge >= 0.3 is 0 Å². The molecule has 6 heteroatoms. The molecular formula is C23H35N3O3. The highest BCUT2D eigenvalue weighted by atomic mass is 16.7. The van der Waals surface area contributed by atoms with Crippen molar-refractivity contribution >= 4 is 5.91 Å². The Bertz CT molecular complexity index is 695. The fourth-order valence-corrected chi connectivity index (χ4v) is 4.92. The number of piperidine rings is 2. The third-order valence-electron chi connectivity index (χ3n) is 6.86. The van der Waals surface area contributed by atoms with Gasteiger partial charge in [0.15, 0.2) is 11.5 Å². The van der Waals surface area contributed by atoms with E-state index in [2.05, 4.69) is 23.8 Å². The molecule has 4 rings (SSSR count). The fraction of sp³-hybridized carbons (Fsp3) is 0.696. The number of likely N-dealkylation sites (N-methyl/N-ethyl adjacent to an activating group) is 1. The molecule has 1 aromatic carbocycles. The molecule has 6 nitrogen and oxygen atoms in total. The van der Waals surface area contributed by atoms with E-state index < -0.39 is 0 Å². The summed E-state index contributed by atoms with van der Waals surface area (Å²) in [6.07, 6.45) is 5.45. The molecule has 160 valence electrons. The van der Waals surface area contributed by atoms with Crippen LogP contribution in [-0.4, -0.2) is 79.8 Å². The van der Waals surface area contributed by atoms with Gasteiger partial charge in [0.1, 0.15) is 0 Å². The minimum Gasteiger partial charge on any atom is -0.454 e. The predicted octanol–water partition coefficient (Wildman–Crippen LogP) is 2.61. The van der Waals surface area contributed by atoms with Crippen LogP contribution in [-0.2, 0) is 11.2 Å². The SMILES string of the molecule is CCN(CC1CCN(C2CCN(C)CC2)CC1)C(=O)Cc1ccc2c(c1)OCO2. The van der Waals surface area contributed by atoms with Gasteiger partial charge in [-0.3, -0.25) is 4.79 Å². The number of hydrogen-bond donors (Lipinski definition) is 0. The Labute approximate surface area is 174 Å². The third kappa shape index (κ3) is 5.04. The van der Waals surface area contributed by atoms with E-state index in [-0.39, 0.29) is 12.7 Å². The Balaban J connectivity index is 1.25. The van der Waals surface area contributed by atoms with Crippen molar-refractivity contribution in [2.45, 2.75) is 45.1 Å². The topological polar surface area (TPSA) is 45.2 Å². The van der Waals surface area contributed by atoms with Crippen LogP contribution in [0.2, 0.25) is 0 Å². The number of nitrogens with zero attached hydrogens (tertiary/aromatic N) is 3.